The van der Waals surface area contributed by atoms with Crippen LogP contribution in [0.2, 0.25) is 0 Å². The predicted molar refractivity (Wildman–Crippen MR) is 62.2 cm³/mol. The molecule has 0 saturated heterocycles. The quantitative estimate of drug-likeness (QED) is 0.636. The van der Waals surface area contributed by atoms with Crippen LogP contribution in [0.3, 0.4) is 0 Å². The fourth-order valence-corrected chi connectivity index (χ4v) is 1.63. The maximum Gasteiger partial charge on any atom is 0.318 e. The summed E-state index contributed by atoms with van der Waals surface area (Å²) in [4.78, 5) is 24.0. The van der Waals surface area contributed by atoms with Crippen LogP contribution < -0.4 is 5.56 Å². The van der Waals surface area contributed by atoms with E-state index in [4.69, 9.17) is 4.42 Å². The van der Waals surface area contributed by atoms with E-state index in [2.05, 4.69) is 10.3 Å². The number of furan rings is 1. The van der Waals surface area contributed by atoms with Crippen LogP contribution in [0.1, 0.15) is 10.6 Å². The largest absolute Gasteiger partial charge is 0.459 e. The van der Waals surface area contributed by atoms with Gasteiger partial charge >= 0.3 is 5.91 Å². The van der Waals surface area contributed by atoms with Gasteiger partial charge in [-0.2, -0.15) is 0 Å². The van der Waals surface area contributed by atoms with E-state index < -0.39 is 11.5 Å². The fourth-order valence-electron chi connectivity index (χ4n) is 1.63. The van der Waals surface area contributed by atoms with Crippen molar-refractivity contribution in [3.8, 4) is 0 Å². The van der Waals surface area contributed by atoms with Crippen molar-refractivity contribution >= 4 is 16.8 Å². The first-order valence-corrected chi connectivity index (χ1v) is 5.20. The number of fused-ring (bicyclic) bond motifs is 1. The lowest BCUT2D eigenvalue weighted by Crippen LogP contribution is -2.30. The van der Waals surface area contributed by atoms with E-state index in [9.17, 15) is 9.59 Å². The summed E-state index contributed by atoms with van der Waals surface area (Å²) in [6.45, 7) is 0. The molecule has 2 aromatic heterocycles. The average molecular weight is 241 g/mol. The molecule has 0 fully saturated rings. The van der Waals surface area contributed by atoms with Gasteiger partial charge in [0.05, 0.1) is 11.6 Å². The molecule has 3 rings (SSSR count). The third kappa shape index (κ3) is 1.51. The summed E-state index contributed by atoms with van der Waals surface area (Å²) in [5, 5.41) is 7.77. The van der Waals surface area contributed by atoms with E-state index in [0.29, 0.717) is 15.6 Å². The van der Waals surface area contributed by atoms with Crippen molar-refractivity contribution < 1.29 is 9.21 Å². The molecule has 3 aromatic rings. The molecule has 0 aliphatic heterocycles. The summed E-state index contributed by atoms with van der Waals surface area (Å²) < 4.78 is 5.64. The molecule has 1 aromatic carbocycles. The average Bonchev–Trinajstić information content (AvgIpc) is 2.93. The fraction of sp³-hybridized carbons (Fsp3) is 0. The first-order valence-electron chi connectivity index (χ1n) is 5.20. The van der Waals surface area contributed by atoms with Gasteiger partial charge in [-0.25, -0.2) is 0 Å². The van der Waals surface area contributed by atoms with Gasteiger partial charge in [0.15, 0.2) is 5.76 Å². The molecule has 0 atom stereocenters. The molecule has 0 bridgehead atoms. The van der Waals surface area contributed by atoms with Crippen molar-refractivity contribution in [3.63, 3.8) is 0 Å². The number of aromatic nitrogens is 3. The van der Waals surface area contributed by atoms with Gasteiger partial charge in [-0.3, -0.25) is 9.59 Å². The first kappa shape index (κ1) is 10.4. The Hall–Kier alpha value is -2.76. The van der Waals surface area contributed by atoms with Crippen LogP contribution in [0.25, 0.3) is 10.9 Å². The van der Waals surface area contributed by atoms with Gasteiger partial charge in [-0.05, 0) is 24.3 Å². The highest BCUT2D eigenvalue weighted by Gasteiger charge is 2.16. The molecule has 18 heavy (non-hydrogen) atoms. The minimum absolute atomic E-state index is 0.0432. The Morgan fingerprint density at radius 1 is 1.17 bits per heavy atom. The van der Waals surface area contributed by atoms with Crippen molar-refractivity contribution in [2.24, 2.45) is 0 Å². The Morgan fingerprint density at radius 3 is 2.78 bits per heavy atom. The molecule has 88 valence electrons. The Balaban J connectivity index is 2.22. The highest BCUT2D eigenvalue weighted by atomic mass is 16.3. The second-order valence-electron chi connectivity index (χ2n) is 3.61. The van der Waals surface area contributed by atoms with E-state index in [0.717, 1.165) is 0 Å². The number of hydrogen-bond donors (Lipinski definition) is 0. The van der Waals surface area contributed by atoms with Gasteiger partial charge in [-0.1, -0.05) is 17.3 Å². The summed E-state index contributed by atoms with van der Waals surface area (Å²) >= 11 is 0. The topological polar surface area (TPSA) is 78.0 Å². The first-order chi connectivity index (χ1) is 8.77. The van der Waals surface area contributed by atoms with Crippen molar-refractivity contribution in [3.05, 3.63) is 58.8 Å². The predicted octanol–water partition coefficient (Wildman–Crippen LogP) is 1.07. The van der Waals surface area contributed by atoms with Crippen molar-refractivity contribution in [1.29, 1.82) is 0 Å². The molecule has 0 unspecified atom stereocenters. The summed E-state index contributed by atoms with van der Waals surface area (Å²) in [5.41, 5.74) is -0.0620. The van der Waals surface area contributed by atoms with Crippen molar-refractivity contribution in [2.45, 2.75) is 0 Å². The lowest BCUT2D eigenvalue weighted by Gasteiger charge is -2.00. The molecular formula is C12H7N3O3. The third-order valence-electron chi connectivity index (χ3n) is 2.49. The minimum atomic E-state index is -0.636. The Labute approximate surface area is 100 Å². The molecule has 6 heteroatoms. The molecule has 6 nitrogen and oxygen atoms in total. The van der Waals surface area contributed by atoms with Gasteiger partial charge in [-0.15, -0.1) is 9.78 Å². The molecule has 0 amide bonds. The van der Waals surface area contributed by atoms with Gasteiger partial charge < -0.3 is 4.42 Å². The van der Waals surface area contributed by atoms with Crippen molar-refractivity contribution in [2.75, 3.05) is 0 Å². The third-order valence-corrected chi connectivity index (χ3v) is 2.49. The molecule has 0 spiro atoms. The summed E-state index contributed by atoms with van der Waals surface area (Å²) in [6, 6.07) is 9.73. The molecule has 0 N–H and O–H groups in total. The molecule has 0 aliphatic rings. The SMILES string of the molecule is O=C(c1ccco1)n1nnc2ccccc2c1=O. The van der Waals surface area contributed by atoms with E-state index >= 15 is 0 Å². The van der Waals surface area contributed by atoms with Crippen LogP contribution >= 0.6 is 0 Å². The van der Waals surface area contributed by atoms with Gasteiger partial charge in [0.2, 0.25) is 0 Å². The highest BCUT2D eigenvalue weighted by Crippen LogP contribution is 2.05. The van der Waals surface area contributed by atoms with Crippen LogP contribution in [0.5, 0.6) is 0 Å². The Kier molecular flexibility index (Phi) is 2.26. The number of carbonyl (C=O) groups is 1. The van der Waals surface area contributed by atoms with E-state index in [1.165, 1.54) is 12.3 Å². The summed E-state index contributed by atoms with van der Waals surface area (Å²) in [5.74, 6) is -0.593. The zero-order valence-corrected chi connectivity index (χ0v) is 9.11. The van der Waals surface area contributed by atoms with E-state index in [-0.39, 0.29) is 5.76 Å². The van der Waals surface area contributed by atoms with Gasteiger partial charge in [0, 0.05) is 0 Å². The summed E-state index contributed by atoms with van der Waals surface area (Å²) in [7, 11) is 0. The normalized spacial score (nSPS) is 10.7. The van der Waals surface area contributed by atoms with Crippen LogP contribution in [0.4, 0.5) is 0 Å². The number of rotatable bonds is 1. The van der Waals surface area contributed by atoms with Crippen LogP contribution in [0.15, 0.2) is 51.9 Å². The summed E-state index contributed by atoms with van der Waals surface area (Å²) in [6.07, 6.45) is 1.35. The maximum atomic E-state index is 12.1. The molecule has 2 heterocycles. The Morgan fingerprint density at radius 2 is 2.00 bits per heavy atom. The zero-order valence-electron chi connectivity index (χ0n) is 9.11. The lowest BCUT2D eigenvalue weighted by molar-refractivity contribution is 0.0908. The van der Waals surface area contributed by atoms with Gasteiger partial charge in [0.1, 0.15) is 5.52 Å². The van der Waals surface area contributed by atoms with E-state index in [1.54, 1.807) is 30.3 Å². The molecule has 0 radical (unpaired) electrons. The second-order valence-corrected chi connectivity index (χ2v) is 3.61. The smallest absolute Gasteiger partial charge is 0.318 e. The molecular weight excluding hydrogens is 234 g/mol. The lowest BCUT2D eigenvalue weighted by atomic mass is 10.2. The number of benzene rings is 1. The van der Waals surface area contributed by atoms with Crippen LogP contribution in [0, 0.1) is 0 Å². The van der Waals surface area contributed by atoms with E-state index in [1.807, 2.05) is 0 Å². The zero-order chi connectivity index (χ0) is 12.5. The second kappa shape index (κ2) is 3.92. The molecule has 0 saturated carbocycles. The van der Waals surface area contributed by atoms with Crippen LogP contribution in [-0.4, -0.2) is 20.9 Å². The van der Waals surface area contributed by atoms with Crippen molar-refractivity contribution in [1.82, 2.24) is 15.0 Å². The van der Waals surface area contributed by atoms with Crippen LogP contribution in [-0.2, 0) is 0 Å². The van der Waals surface area contributed by atoms with Gasteiger partial charge in [0.25, 0.3) is 5.56 Å². The maximum absolute atomic E-state index is 12.1. The Bertz CT molecular complexity index is 775. The molecule has 0 aliphatic carbocycles. The monoisotopic (exact) mass is 241 g/mol. The number of hydrogen-bond acceptors (Lipinski definition) is 5. The standard InChI is InChI=1S/C12H7N3O3/c16-11-8-4-1-2-5-9(8)13-14-15(11)12(17)10-6-3-7-18-10/h1-7H. The number of carbonyl (C=O) groups excluding carboxylic acids is 1. The minimum Gasteiger partial charge on any atom is -0.459 e. The highest BCUT2D eigenvalue weighted by molar-refractivity contribution is 5.93. The number of nitrogens with zero attached hydrogens (tertiary/aromatic N) is 3.